The second-order valence-electron chi connectivity index (χ2n) is 5.46. The molecule has 0 radical (unpaired) electrons. The lowest BCUT2D eigenvalue weighted by molar-refractivity contribution is -0.384. The molecule has 1 N–H and O–H groups in total. The van der Waals surface area contributed by atoms with Crippen molar-refractivity contribution in [2.24, 2.45) is 0 Å². The number of carbonyl (C=O) groups excluding carboxylic acids is 1. The first-order valence-corrected chi connectivity index (χ1v) is 7.44. The number of aliphatic carboxylic acids is 1. The van der Waals surface area contributed by atoms with E-state index in [1.54, 1.807) is 4.90 Å². The Balaban J connectivity index is 2.48. The third-order valence-electron chi connectivity index (χ3n) is 4.03. The average molecular weight is 337 g/mol. The smallest absolute Gasteiger partial charge is 0.326 e. The predicted octanol–water partition coefficient (Wildman–Crippen LogP) is 0.976. The van der Waals surface area contributed by atoms with Gasteiger partial charge in [-0.2, -0.15) is 0 Å². The molecule has 9 nitrogen and oxygen atoms in total. The molecular formula is C15H19N3O6. The Bertz CT molecular complexity index is 657. The number of likely N-dealkylation sites (N-methyl/N-ethyl adjacent to an activating group) is 1. The van der Waals surface area contributed by atoms with Gasteiger partial charge in [0.1, 0.15) is 11.7 Å². The lowest BCUT2D eigenvalue weighted by atomic mass is 10.1. The summed E-state index contributed by atoms with van der Waals surface area (Å²) in [7, 11) is 1.36. The van der Waals surface area contributed by atoms with Crippen LogP contribution in [-0.4, -0.2) is 66.2 Å². The number of anilines is 1. The van der Waals surface area contributed by atoms with Crippen molar-refractivity contribution < 1.29 is 24.4 Å². The molecule has 1 aliphatic heterocycles. The second-order valence-corrected chi connectivity index (χ2v) is 5.46. The lowest BCUT2D eigenvalue weighted by Gasteiger charge is -2.31. The van der Waals surface area contributed by atoms with E-state index >= 15 is 0 Å². The average Bonchev–Trinajstić information content (AvgIpc) is 2.59. The largest absolute Gasteiger partial charge is 0.480 e. The van der Waals surface area contributed by atoms with Gasteiger partial charge < -0.3 is 19.6 Å². The van der Waals surface area contributed by atoms with Crippen molar-refractivity contribution >= 4 is 23.3 Å². The number of nitro benzene ring substituents is 1. The minimum absolute atomic E-state index is 0.113. The summed E-state index contributed by atoms with van der Waals surface area (Å²) in [4.78, 5) is 37.5. The van der Waals surface area contributed by atoms with Crippen molar-refractivity contribution in [1.82, 2.24) is 4.90 Å². The molecule has 2 rings (SSSR count). The van der Waals surface area contributed by atoms with Gasteiger partial charge in [-0.25, -0.2) is 4.79 Å². The first kappa shape index (κ1) is 17.7. The third kappa shape index (κ3) is 3.46. The van der Waals surface area contributed by atoms with Crippen LogP contribution in [0.15, 0.2) is 18.2 Å². The second kappa shape index (κ2) is 7.26. The van der Waals surface area contributed by atoms with Gasteiger partial charge in [-0.05, 0) is 13.0 Å². The van der Waals surface area contributed by atoms with Crippen molar-refractivity contribution in [2.45, 2.75) is 13.0 Å². The van der Waals surface area contributed by atoms with Gasteiger partial charge in [0.2, 0.25) is 0 Å². The van der Waals surface area contributed by atoms with E-state index in [1.165, 1.54) is 32.2 Å². The number of nitrogens with zero attached hydrogens (tertiary/aromatic N) is 3. The fraction of sp³-hybridized carbons (Fsp3) is 0.467. The highest BCUT2D eigenvalue weighted by molar-refractivity contribution is 6.03. The van der Waals surface area contributed by atoms with Crippen LogP contribution in [0.3, 0.4) is 0 Å². The summed E-state index contributed by atoms with van der Waals surface area (Å²) in [5, 5.41) is 20.5. The van der Waals surface area contributed by atoms with E-state index in [1.807, 2.05) is 0 Å². The van der Waals surface area contributed by atoms with E-state index in [4.69, 9.17) is 9.84 Å². The quantitative estimate of drug-likeness (QED) is 0.629. The van der Waals surface area contributed by atoms with Crippen LogP contribution >= 0.6 is 0 Å². The highest BCUT2D eigenvalue weighted by atomic mass is 16.6. The number of amides is 1. The van der Waals surface area contributed by atoms with Crippen LogP contribution in [-0.2, 0) is 9.53 Å². The summed E-state index contributed by atoms with van der Waals surface area (Å²) in [5.41, 5.74) is 0.140. The van der Waals surface area contributed by atoms with Crippen LogP contribution in [0.4, 0.5) is 11.4 Å². The standard InChI is InChI=1S/C15H19N3O6/c1-10(15(20)21)16(2)14(19)11-4-3-5-12(18(22)23)13(11)17-6-8-24-9-7-17/h3-5,10H,6-9H2,1-2H3,(H,20,21). The normalized spacial score (nSPS) is 15.7. The number of carbonyl (C=O) groups is 2. The van der Waals surface area contributed by atoms with Gasteiger partial charge in [-0.3, -0.25) is 14.9 Å². The Morgan fingerprint density at radius 3 is 2.54 bits per heavy atom. The number of nitro groups is 1. The fourth-order valence-electron chi connectivity index (χ4n) is 2.50. The molecule has 24 heavy (non-hydrogen) atoms. The zero-order valence-corrected chi connectivity index (χ0v) is 13.5. The molecular weight excluding hydrogens is 318 g/mol. The molecule has 0 aliphatic carbocycles. The number of benzene rings is 1. The number of hydrogen-bond acceptors (Lipinski definition) is 6. The molecule has 1 aromatic carbocycles. The highest BCUT2D eigenvalue weighted by Crippen LogP contribution is 2.33. The van der Waals surface area contributed by atoms with E-state index in [0.717, 1.165) is 4.90 Å². The number of morpholine rings is 1. The van der Waals surface area contributed by atoms with Gasteiger partial charge >= 0.3 is 5.97 Å². The number of rotatable bonds is 5. The maximum absolute atomic E-state index is 12.7. The summed E-state index contributed by atoms with van der Waals surface area (Å²) in [6, 6.07) is 3.19. The Hall–Kier alpha value is -2.68. The number of carboxylic acid groups (broad SMARTS) is 1. The zero-order chi connectivity index (χ0) is 17.9. The minimum Gasteiger partial charge on any atom is -0.480 e. The van der Waals surface area contributed by atoms with Gasteiger partial charge in [0.25, 0.3) is 11.6 Å². The SMILES string of the molecule is CC(C(=O)O)N(C)C(=O)c1cccc([N+](=O)[O-])c1N1CCOCC1. The molecule has 0 saturated carbocycles. The maximum atomic E-state index is 12.7. The van der Waals surface area contributed by atoms with Crippen LogP contribution in [0.1, 0.15) is 17.3 Å². The van der Waals surface area contributed by atoms with Crippen LogP contribution in [0.2, 0.25) is 0 Å². The van der Waals surface area contributed by atoms with Gasteiger partial charge in [0.05, 0.1) is 23.7 Å². The maximum Gasteiger partial charge on any atom is 0.326 e. The molecule has 0 spiro atoms. The Morgan fingerprint density at radius 1 is 1.38 bits per heavy atom. The van der Waals surface area contributed by atoms with Crippen molar-refractivity contribution in [1.29, 1.82) is 0 Å². The molecule has 0 aromatic heterocycles. The van der Waals surface area contributed by atoms with E-state index in [0.29, 0.717) is 26.3 Å². The monoisotopic (exact) mass is 337 g/mol. The summed E-state index contributed by atoms with van der Waals surface area (Å²) < 4.78 is 5.25. The molecule has 1 saturated heterocycles. The first-order valence-electron chi connectivity index (χ1n) is 7.44. The topological polar surface area (TPSA) is 113 Å². The van der Waals surface area contributed by atoms with Crippen molar-refractivity contribution in [2.75, 3.05) is 38.3 Å². The first-order chi connectivity index (χ1) is 11.3. The van der Waals surface area contributed by atoms with E-state index < -0.39 is 22.8 Å². The lowest BCUT2D eigenvalue weighted by Crippen LogP contribution is -2.42. The summed E-state index contributed by atoms with van der Waals surface area (Å²) in [6.07, 6.45) is 0. The molecule has 1 heterocycles. The van der Waals surface area contributed by atoms with Crippen LogP contribution in [0, 0.1) is 10.1 Å². The fourth-order valence-corrected chi connectivity index (χ4v) is 2.50. The Morgan fingerprint density at radius 2 is 2.00 bits per heavy atom. The predicted molar refractivity (Wildman–Crippen MR) is 85.3 cm³/mol. The van der Waals surface area contributed by atoms with Crippen LogP contribution in [0.5, 0.6) is 0 Å². The molecule has 0 bridgehead atoms. The summed E-state index contributed by atoms with van der Waals surface area (Å²) in [6.45, 7) is 3.03. The van der Waals surface area contributed by atoms with Gasteiger partial charge in [0.15, 0.2) is 0 Å². The molecule has 1 atom stereocenters. The van der Waals surface area contributed by atoms with E-state index in [2.05, 4.69) is 0 Å². The van der Waals surface area contributed by atoms with Crippen molar-refractivity contribution in [3.63, 3.8) is 0 Å². The Kier molecular flexibility index (Phi) is 5.35. The Labute approximate surface area is 138 Å². The molecule has 1 aliphatic rings. The number of para-hydroxylation sites is 1. The molecule has 9 heteroatoms. The number of ether oxygens (including phenoxy) is 1. The van der Waals surface area contributed by atoms with Gasteiger partial charge in [0, 0.05) is 26.2 Å². The van der Waals surface area contributed by atoms with Crippen LogP contribution < -0.4 is 4.90 Å². The molecule has 1 unspecified atom stereocenters. The third-order valence-corrected chi connectivity index (χ3v) is 4.03. The van der Waals surface area contributed by atoms with Gasteiger partial charge in [-0.1, -0.05) is 6.07 Å². The number of carboxylic acids is 1. The van der Waals surface area contributed by atoms with Gasteiger partial charge in [-0.15, -0.1) is 0 Å². The highest BCUT2D eigenvalue weighted by Gasteiger charge is 2.31. The summed E-state index contributed by atoms with van der Waals surface area (Å²) in [5.74, 6) is -1.72. The zero-order valence-electron chi connectivity index (χ0n) is 13.5. The molecule has 1 fully saturated rings. The molecule has 1 amide bonds. The van der Waals surface area contributed by atoms with Crippen molar-refractivity contribution in [3.05, 3.63) is 33.9 Å². The van der Waals surface area contributed by atoms with E-state index in [9.17, 15) is 19.7 Å². The van der Waals surface area contributed by atoms with Crippen molar-refractivity contribution in [3.8, 4) is 0 Å². The van der Waals surface area contributed by atoms with E-state index in [-0.39, 0.29) is 16.9 Å². The number of hydrogen-bond donors (Lipinski definition) is 1. The molecule has 1 aromatic rings. The minimum atomic E-state index is -1.15. The summed E-state index contributed by atoms with van der Waals surface area (Å²) >= 11 is 0. The van der Waals surface area contributed by atoms with Crippen LogP contribution in [0.25, 0.3) is 0 Å². The molecule has 130 valence electrons.